The summed E-state index contributed by atoms with van der Waals surface area (Å²) in [6.07, 6.45) is 0.724. The third kappa shape index (κ3) is 1.99. The van der Waals surface area contributed by atoms with Gasteiger partial charge in [0.05, 0.1) is 6.61 Å². The number of carbonyl (C=O) groups excluding carboxylic acids is 1. The van der Waals surface area contributed by atoms with Gasteiger partial charge in [-0.05, 0) is 24.3 Å². The molecule has 2 rings (SSSR count). The van der Waals surface area contributed by atoms with Crippen LogP contribution in [-0.4, -0.2) is 18.6 Å². The number of benzene rings is 1. The standard InChI is InChI=1S/C10H10ClNO2/c11-7-1-3-8(4-2-7)12-9-5-6-14-10(9)13/h1-4,9,12H,5-6H2. The molecule has 1 heterocycles. The summed E-state index contributed by atoms with van der Waals surface area (Å²) in [6, 6.07) is 7.03. The van der Waals surface area contributed by atoms with Crippen molar-refractivity contribution in [3.8, 4) is 0 Å². The summed E-state index contributed by atoms with van der Waals surface area (Å²) < 4.78 is 4.83. The fourth-order valence-electron chi connectivity index (χ4n) is 1.37. The van der Waals surface area contributed by atoms with Crippen LogP contribution in [0.4, 0.5) is 5.69 Å². The predicted molar refractivity (Wildman–Crippen MR) is 54.4 cm³/mol. The Hall–Kier alpha value is -1.22. The lowest BCUT2D eigenvalue weighted by Crippen LogP contribution is -2.24. The quantitative estimate of drug-likeness (QED) is 0.762. The lowest BCUT2D eigenvalue weighted by molar-refractivity contribution is -0.138. The molecule has 1 fully saturated rings. The van der Waals surface area contributed by atoms with Gasteiger partial charge in [-0.3, -0.25) is 0 Å². The molecule has 0 radical (unpaired) electrons. The summed E-state index contributed by atoms with van der Waals surface area (Å²) in [5, 5.41) is 3.77. The van der Waals surface area contributed by atoms with Crippen molar-refractivity contribution in [3.63, 3.8) is 0 Å². The first-order valence-corrected chi connectivity index (χ1v) is 4.82. The first kappa shape index (κ1) is 9.34. The zero-order valence-corrected chi connectivity index (χ0v) is 8.25. The van der Waals surface area contributed by atoms with E-state index in [-0.39, 0.29) is 12.0 Å². The van der Waals surface area contributed by atoms with E-state index in [2.05, 4.69) is 5.32 Å². The SMILES string of the molecule is O=C1OCCC1Nc1ccc(Cl)cc1. The highest BCUT2D eigenvalue weighted by molar-refractivity contribution is 6.30. The summed E-state index contributed by atoms with van der Waals surface area (Å²) in [4.78, 5) is 11.1. The topological polar surface area (TPSA) is 38.3 Å². The zero-order valence-electron chi connectivity index (χ0n) is 7.50. The van der Waals surface area contributed by atoms with Crippen molar-refractivity contribution in [1.29, 1.82) is 0 Å². The van der Waals surface area contributed by atoms with Crippen LogP contribution < -0.4 is 5.32 Å². The molecular formula is C10H10ClNO2. The first-order valence-electron chi connectivity index (χ1n) is 4.44. The Morgan fingerprint density at radius 3 is 2.64 bits per heavy atom. The predicted octanol–water partition coefficient (Wildman–Crippen LogP) is 2.07. The minimum atomic E-state index is -0.212. The molecule has 1 aliphatic heterocycles. The Morgan fingerprint density at radius 2 is 2.07 bits per heavy atom. The minimum absolute atomic E-state index is 0.181. The van der Waals surface area contributed by atoms with Gasteiger partial charge in [-0.25, -0.2) is 4.79 Å². The van der Waals surface area contributed by atoms with Crippen LogP contribution in [0.5, 0.6) is 0 Å². The molecule has 1 aliphatic rings. The van der Waals surface area contributed by atoms with E-state index in [9.17, 15) is 4.79 Å². The van der Waals surface area contributed by atoms with Crippen LogP contribution >= 0.6 is 11.6 Å². The van der Waals surface area contributed by atoms with Gasteiger partial charge in [0.2, 0.25) is 0 Å². The molecule has 1 aromatic carbocycles. The number of halogens is 1. The van der Waals surface area contributed by atoms with E-state index < -0.39 is 0 Å². The number of carbonyl (C=O) groups is 1. The van der Waals surface area contributed by atoms with Crippen molar-refractivity contribution in [2.24, 2.45) is 0 Å². The van der Waals surface area contributed by atoms with Crippen molar-refractivity contribution in [2.75, 3.05) is 11.9 Å². The molecule has 0 spiro atoms. The lowest BCUT2D eigenvalue weighted by atomic mass is 10.2. The molecule has 14 heavy (non-hydrogen) atoms. The van der Waals surface area contributed by atoms with Crippen molar-refractivity contribution >= 4 is 23.3 Å². The van der Waals surface area contributed by atoms with Crippen molar-refractivity contribution in [2.45, 2.75) is 12.5 Å². The average Bonchev–Trinajstić information content (AvgIpc) is 2.56. The molecular weight excluding hydrogens is 202 g/mol. The number of nitrogens with one attached hydrogen (secondary N) is 1. The summed E-state index contributed by atoms with van der Waals surface area (Å²) in [6.45, 7) is 0.504. The molecule has 0 bridgehead atoms. The first-order chi connectivity index (χ1) is 6.75. The van der Waals surface area contributed by atoms with Crippen LogP contribution in [-0.2, 0) is 9.53 Å². The number of ether oxygens (including phenoxy) is 1. The van der Waals surface area contributed by atoms with Crippen molar-refractivity contribution in [3.05, 3.63) is 29.3 Å². The number of cyclic esters (lactones) is 1. The molecule has 1 saturated heterocycles. The molecule has 74 valence electrons. The Kier molecular flexibility index (Phi) is 2.59. The maximum absolute atomic E-state index is 11.1. The number of anilines is 1. The van der Waals surface area contributed by atoms with Gasteiger partial charge in [0.15, 0.2) is 0 Å². The van der Waals surface area contributed by atoms with Crippen LogP contribution in [0.25, 0.3) is 0 Å². The van der Waals surface area contributed by atoms with E-state index in [1.54, 1.807) is 12.1 Å². The molecule has 1 aromatic rings. The zero-order chi connectivity index (χ0) is 9.97. The number of hydrogen-bond acceptors (Lipinski definition) is 3. The monoisotopic (exact) mass is 211 g/mol. The minimum Gasteiger partial charge on any atom is -0.464 e. The lowest BCUT2D eigenvalue weighted by Gasteiger charge is -2.09. The smallest absolute Gasteiger partial charge is 0.328 e. The van der Waals surface area contributed by atoms with E-state index in [4.69, 9.17) is 16.3 Å². The van der Waals surface area contributed by atoms with Crippen LogP contribution in [0.2, 0.25) is 5.02 Å². The van der Waals surface area contributed by atoms with Gasteiger partial charge in [-0.2, -0.15) is 0 Å². The number of esters is 1. The number of rotatable bonds is 2. The second-order valence-corrected chi connectivity index (χ2v) is 3.60. The van der Waals surface area contributed by atoms with Gasteiger partial charge < -0.3 is 10.1 Å². The maximum atomic E-state index is 11.1. The third-order valence-corrected chi connectivity index (χ3v) is 2.37. The highest BCUT2D eigenvalue weighted by Crippen LogP contribution is 2.17. The second kappa shape index (κ2) is 3.88. The van der Waals surface area contributed by atoms with E-state index in [0.29, 0.717) is 11.6 Å². The van der Waals surface area contributed by atoms with E-state index in [0.717, 1.165) is 12.1 Å². The van der Waals surface area contributed by atoms with E-state index in [1.807, 2.05) is 12.1 Å². The fraction of sp³-hybridized carbons (Fsp3) is 0.300. The molecule has 1 atom stereocenters. The summed E-state index contributed by atoms with van der Waals surface area (Å²) in [5.41, 5.74) is 0.887. The molecule has 0 aromatic heterocycles. The van der Waals surface area contributed by atoms with Crippen LogP contribution in [0.1, 0.15) is 6.42 Å². The molecule has 4 heteroatoms. The fourth-order valence-corrected chi connectivity index (χ4v) is 1.50. The van der Waals surface area contributed by atoms with Crippen LogP contribution in [0.15, 0.2) is 24.3 Å². The third-order valence-electron chi connectivity index (χ3n) is 2.12. The maximum Gasteiger partial charge on any atom is 0.328 e. The molecule has 3 nitrogen and oxygen atoms in total. The van der Waals surface area contributed by atoms with Gasteiger partial charge in [0.1, 0.15) is 6.04 Å². The number of hydrogen-bond donors (Lipinski definition) is 1. The van der Waals surface area contributed by atoms with Gasteiger partial charge in [-0.15, -0.1) is 0 Å². The van der Waals surface area contributed by atoms with Crippen molar-refractivity contribution in [1.82, 2.24) is 0 Å². The summed E-state index contributed by atoms with van der Waals surface area (Å²) in [7, 11) is 0. The van der Waals surface area contributed by atoms with E-state index >= 15 is 0 Å². The highest BCUT2D eigenvalue weighted by atomic mass is 35.5. The second-order valence-electron chi connectivity index (χ2n) is 3.16. The van der Waals surface area contributed by atoms with Gasteiger partial charge in [0.25, 0.3) is 0 Å². The largest absolute Gasteiger partial charge is 0.464 e. The Bertz CT molecular complexity index is 336. The average molecular weight is 212 g/mol. The Labute approximate surface area is 87.0 Å². The summed E-state index contributed by atoms with van der Waals surface area (Å²) >= 11 is 5.74. The van der Waals surface area contributed by atoms with E-state index in [1.165, 1.54) is 0 Å². The summed E-state index contributed by atoms with van der Waals surface area (Å²) in [5.74, 6) is -0.181. The van der Waals surface area contributed by atoms with Crippen LogP contribution in [0, 0.1) is 0 Å². The highest BCUT2D eigenvalue weighted by Gasteiger charge is 2.25. The van der Waals surface area contributed by atoms with Gasteiger partial charge in [0, 0.05) is 17.1 Å². The Morgan fingerprint density at radius 1 is 1.36 bits per heavy atom. The van der Waals surface area contributed by atoms with Crippen LogP contribution in [0.3, 0.4) is 0 Å². The van der Waals surface area contributed by atoms with Crippen molar-refractivity contribution < 1.29 is 9.53 Å². The van der Waals surface area contributed by atoms with Gasteiger partial charge >= 0.3 is 5.97 Å². The molecule has 1 unspecified atom stereocenters. The molecule has 1 N–H and O–H groups in total. The molecule has 0 saturated carbocycles. The molecule has 0 amide bonds. The van der Waals surface area contributed by atoms with Gasteiger partial charge in [-0.1, -0.05) is 11.6 Å². The normalized spacial score (nSPS) is 20.6. The Balaban J connectivity index is 2.03. The molecule has 0 aliphatic carbocycles.